The molecule has 0 unspecified atom stereocenters. The Balaban J connectivity index is 1.29. The molecular formula is C33H31N5O3. The number of aromatic nitrogens is 3. The Morgan fingerprint density at radius 1 is 0.829 bits per heavy atom. The van der Waals surface area contributed by atoms with Gasteiger partial charge in [0.2, 0.25) is 5.91 Å². The minimum absolute atomic E-state index is 0.00513. The highest BCUT2D eigenvalue weighted by Gasteiger charge is 2.25. The zero-order chi connectivity index (χ0) is 28.2. The SMILES string of the molecule is COc1cccc(/C=C/C(=O)N2CCN(c3ncnc4c3c(-c3ccccc3)cn4-c3cccc(OC)c3)CC2)c1. The lowest BCUT2D eigenvalue weighted by Crippen LogP contribution is -2.48. The van der Waals surface area contributed by atoms with Crippen LogP contribution in [0.1, 0.15) is 5.56 Å². The first-order valence-electron chi connectivity index (χ1n) is 13.6. The fourth-order valence-corrected chi connectivity index (χ4v) is 5.24. The molecule has 0 saturated carbocycles. The molecule has 1 fully saturated rings. The predicted octanol–water partition coefficient (Wildman–Crippen LogP) is 5.47. The van der Waals surface area contributed by atoms with Crippen LogP contribution >= 0.6 is 0 Å². The van der Waals surface area contributed by atoms with Crippen molar-refractivity contribution >= 4 is 28.8 Å². The van der Waals surface area contributed by atoms with E-state index in [4.69, 9.17) is 19.4 Å². The van der Waals surface area contributed by atoms with E-state index in [1.54, 1.807) is 26.6 Å². The number of amides is 1. The summed E-state index contributed by atoms with van der Waals surface area (Å²) in [6, 6.07) is 25.9. The van der Waals surface area contributed by atoms with E-state index in [-0.39, 0.29) is 5.91 Å². The molecule has 0 N–H and O–H groups in total. The van der Waals surface area contributed by atoms with Gasteiger partial charge in [0.05, 0.1) is 25.3 Å². The zero-order valence-corrected chi connectivity index (χ0v) is 23.1. The first-order valence-corrected chi connectivity index (χ1v) is 13.6. The number of anilines is 1. The highest BCUT2D eigenvalue weighted by Crippen LogP contribution is 2.37. The maximum atomic E-state index is 13.0. The third-order valence-corrected chi connectivity index (χ3v) is 7.38. The molecular weight excluding hydrogens is 514 g/mol. The third kappa shape index (κ3) is 5.36. The van der Waals surface area contributed by atoms with Crippen molar-refractivity contribution < 1.29 is 14.3 Å². The Hall–Kier alpha value is -5.11. The summed E-state index contributed by atoms with van der Waals surface area (Å²) in [6.45, 7) is 2.54. The lowest BCUT2D eigenvalue weighted by molar-refractivity contribution is -0.126. The first kappa shape index (κ1) is 26.1. The Kier molecular flexibility index (Phi) is 7.36. The lowest BCUT2D eigenvalue weighted by Gasteiger charge is -2.35. The molecule has 5 aromatic rings. The summed E-state index contributed by atoms with van der Waals surface area (Å²) in [6.07, 6.45) is 7.21. The average molecular weight is 546 g/mol. The van der Waals surface area contributed by atoms with Gasteiger partial charge in [-0.2, -0.15) is 0 Å². The molecule has 1 amide bonds. The smallest absolute Gasteiger partial charge is 0.246 e. The van der Waals surface area contributed by atoms with Crippen LogP contribution in [0.4, 0.5) is 5.82 Å². The molecule has 1 aliphatic heterocycles. The van der Waals surface area contributed by atoms with E-state index in [1.165, 1.54) is 0 Å². The lowest BCUT2D eigenvalue weighted by atomic mass is 10.1. The van der Waals surface area contributed by atoms with Crippen LogP contribution in [0.3, 0.4) is 0 Å². The molecule has 8 heteroatoms. The van der Waals surface area contributed by atoms with E-state index in [2.05, 4.69) is 27.8 Å². The molecule has 1 saturated heterocycles. The van der Waals surface area contributed by atoms with Crippen molar-refractivity contribution in [1.29, 1.82) is 0 Å². The Morgan fingerprint density at radius 2 is 1.56 bits per heavy atom. The van der Waals surface area contributed by atoms with E-state index in [9.17, 15) is 4.79 Å². The largest absolute Gasteiger partial charge is 0.497 e. The third-order valence-electron chi connectivity index (χ3n) is 7.38. The molecule has 8 nitrogen and oxygen atoms in total. The van der Waals surface area contributed by atoms with Gasteiger partial charge in [0, 0.05) is 50.1 Å². The van der Waals surface area contributed by atoms with Crippen molar-refractivity contribution in [2.75, 3.05) is 45.3 Å². The number of nitrogens with zero attached hydrogens (tertiary/aromatic N) is 5. The maximum absolute atomic E-state index is 13.0. The summed E-state index contributed by atoms with van der Waals surface area (Å²) < 4.78 is 12.9. The van der Waals surface area contributed by atoms with Gasteiger partial charge in [0.15, 0.2) is 5.65 Å². The number of benzene rings is 3. The molecule has 0 atom stereocenters. The van der Waals surface area contributed by atoms with Gasteiger partial charge >= 0.3 is 0 Å². The molecule has 3 heterocycles. The van der Waals surface area contributed by atoms with Crippen LogP contribution in [-0.2, 0) is 4.79 Å². The van der Waals surface area contributed by atoms with Gasteiger partial charge in [-0.1, -0.05) is 48.5 Å². The number of hydrogen-bond acceptors (Lipinski definition) is 6. The number of fused-ring (bicyclic) bond motifs is 1. The van der Waals surface area contributed by atoms with E-state index < -0.39 is 0 Å². The van der Waals surface area contributed by atoms with Crippen LogP contribution in [0.2, 0.25) is 0 Å². The van der Waals surface area contributed by atoms with Crippen LogP contribution in [0.25, 0.3) is 33.9 Å². The monoisotopic (exact) mass is 545 g/mol. The van der Waals surface area contributed by atoms with Crippen molar-refractivity contribution in [2.45, 2.75) is 0 Å². The van der Waals surface area contributed by atoms with Gasteiger partial charge in [-0.3, -0.25) is 4.79 Å². The summed E-state index contributed by atoms with van der Waals surface area (Å²) in [5.74, 6) is 2.41. The van der Waals surface area contributed by atoms with Crippen molar-refractivity contribution in [3.63, 3.8) is 0 Å². The number of rotatable bonds is 7. The molecule has 6 rings (SSSR count). The molecule has 0 radical (unpaired) electrons. The van der Waals surface area contributed by atoms with Crippen LogP contribution < -0.4 is 14.4 Å². The normalized spacial score (nSPS) is 13.6. The van der Waals surface area contributed by atoms with Crippen LogP contribution in [0.5, 0.6) is 11.5 Å². The van der Waals surface area contributed by atoms with Gasteiger partial charge in [-0.15, -0.1) is 0 Å². The maximum Gasteiger partial charge on any atom is 0.246 e. The molecule has 2 aromatic heterocycles. The van der Waals surface area contributed by atoms with Crippen LogP contribution in [-0.4, -0.2) is 65.7 Å². The second-order valence-electron chi connectivity index (χ2n) is 9.80. The summed E-state index contributed by atoms with van der Waals surface area (Å²) >= 11 is 0. The second kappa shape index (κ2) is 11.6. The Bertz CT molecular complexity index is 1710. The Labute approximate surface area is 239 Å². The molecule has 41 heavy (non-hydrogen) atoms. The number of hydrogen-bond donors (Lipinski definition) is 0. The van der Waals surface area contributed by atoms with Gasteiger partial charge < -0.3 is 23.8 Å². The van der Waals surface area contributed by atoms with Crippen molar-refractivity contribution in [2.24, 2.45) is 0 Å². The molecule has 0 spiro atoms. The summed E-state index contributed by atoms with van der Waals surface area (Å²) in [4.78, 5) is 26.6. The number of piperazine rings is 1. The Morgan fingerprint density at radius 3 is 2.32 bits per heavy atom. The summed E-state index contributed by atoms with van der Waals surface area (Å²) in [5.41, 5.74) is 4.85. The first-order chi connectivity index (χ1) is 20.1. The highest BCUT2D eigenvalue weighted by molar-refractivity contribution is 6.02. The second-order valence-corrected chi connectivity index (χ2v) is 9.80. The van der Waals surface area contributed by atoms with Crippen LogP contribution in [0.15, 0.2) is 97.5 Å². The quantitative estimate of drug-likeness (QED) is 0.253. The molecule has 0 bridgehead atoms. The fourth-order valence-electron chi connectivity index (χ4n) is 5.24. The van der Waals surface area contributed by atoms with Gasteiger partial charge in [-0.05, 0) is 41.5 Å². The van der Waals surface area contributed by atoms with Crippen molar-refractivity contribution in [3.05, 3.63) is 103 Å². The van der Waals surface area contributed by atoms with Crippen LogP contribution in [0, 0.1) is 0 Å². The predicted molar refractivity (Wildman–Crippen MR) is 162 cm³/mol. The van der Waals surface area contributed by atoms with Gasteiger partial charge in [-0.25, -0.2) is 9.97 Å². The summed E-state index contributed by atoms with van der Waals surface area (Å²) in [7, 11) is 3.30. The minimum atomic E-state index is -0.00513. The van der Waals surface area contributed by atoms with E-state index in [0.717, 1.165) is 50.7 Å². The summed E-state index contributed by atoms with van der Waals surface area (Å²) in [5, 5.41) is 0.985. The van der Waals surface area contributed by atoms with Gasteiger partial charge in [0.1, 0.15) is 23.6 Å². The molecule has 0 aliphatic carbocycles. The van der Waals surface area contributed by atoms with E-state index >= 15 is 0 Å². The van der Waals surface area contributed by atoms with Crippen molar-refractivity contribution in [3.8, 4) is 28.3 Å². The standard InChI is InChI=1S/C33H31N5O3/c1-40-27-12-6-8-24(20-27)14-15-30(39)36-16-18-37(19-17-36)32-31-29(25-9-4-3-5-10-25)22-38(33(31)35-23-34-32)26-11-7-13-28(21-26)41-2/h3-15,20-23H,16-19H2,1-2H3/b15-14+. The number of methoxy groups -OCH3 is 2. The molecule has 3 aromatic carbocycles. The zero-order valence-electron chi connectivity index (χ0n) is 23.1. The topological polar surface area (TPSA) is 72.7 Å². The average Bonchev–Trinajstić information content (AvgIpc) is 3.44. The molecule has 1 aliphatic rings. The van der Waals surface area contributed by atoms with E-state index in [1.807, 2.05) is 77.7 Å². The minimum Gasteiger partial charge on any atom is -0.497 e. The van der Waals surface area contributed by atoms with Gasteiger partial charge in [0.25, 0.3) is 0 Å². The highest BCUT2D eigenvalue weighted by atomic mass is 16.5. The number of carbonyl (C=O) groups is 1. The number of carbonyl (C=O) groups excluding carboxylic acids is 1. The van der Waals surface area contributed by atoms with E-state index in [0.29, 0.717) is 26.2 Å². The number of ether oxygens (including phenoxy) is 2. The fraction of sp³-hybridized carbons (Fsp3) is 0.182. The van der Waals surface area contributed by atoms with Crippen molar-refractivity contribution in [1.82, 2.24) is 19.4 Å². The molecule has 206 valence electrons.